The standard InChI is InChI=1S/C22H25N3O3/c26-18(23-9-11-24-10-3-5-14-4-1-2-6-17(14)24)13-25-21(27)19-15-7-8-16(12-15)20(19)22(25)28/h1-2,4,6-8,15-16,19-20H,3,5,9-13H2,(H,23,26)/t15-,16-,19+,20+/m0/s1. The van der Waals surface area contributed by atoms with Gasteiger partial charge in [-0.25, -0.2) is 0 Å². The fraction of sp³-hybridized carbons (Fsp3) is 0.500. The van der Waals surface area contributed by atoms with Crippen molar-refractivity contribution in [1.29, 1.82) is 0 Å². The Labute approximate surface area is 164 Å². The van der Waals surface area contributed by atoms with Crippen molar-refractivity contribution in [3.8, 4) is 0 Å². The van der Waals surface area contributed by atoms with Crippen LogP contribution < -0.4 is 10.2 Å². The van der Waals surface area contributed by atoms with Gasteiger partial charge in [0.25, 0.3) is 0 Å². The SMILES string of the molecule is O=C(CN1C(=O)[C@H]2[C@H](C1=O)[C@H]1C=C[C@H]2C1)NCCN1CCCc2ccccc21. The molecule has 6 nitrogen and oxygen atoms in total. The number of benzene rings is 1. The molecule has 2 heterocycles. The largest absolute Gasteiger partial charge is 0.370 e. The van der Waals surface area contributed by atoms with Gasteiger partial charge in [0.2, 0.25) is 17.7 Å². The van der Waals surface area contributed by atoms with Gasteiger partial charge in [-0.15, -0.1) is 0 Å². The van der Waals surface area contributed by atoms with Crippen LogP contribution in [0.3, 0.4) is 0 Å². The number of anilines is 1. The molecule has 4 aliphatic rings. The van der Waals surface area contributed by atoms with Crippen LogP contribution in [0.2, 0.25) is 0 Å². The van der Waals surface area contributed by atoms with Gasteiger partial charge < -0.3 is 10.2 Å². The van der Waals surface area contributed by atoms with E-state index in [9.17, 15) is 14.4 Å². The summed E-state index contributed by atoms with van der Waals surface area (Å²) in [5.41, 5.74) is 2.59. The number of carbonyl (C=O) groups is 3. The van der Waals surface area contributed by atoms with Gasteiger partial charge in [-0.1, -0.05) is 30.4 Å². The Balaban J connectivity index is 1.15. The normalized spacial score (nSPS) is 30.0. The fourth-order valence-electron chi connectivity index (χ4n) is 5.49. The molecule has 2 aliphatic carbocycles. The van der Waals surface area contributed by atoms with Gasteiger partial charge in [0, 0.05) is 25.3 Å². The number of aryl methyl sites for hydroxylation is 1. The molecule has 3 amide bonds. The summed E-state index contributed by atoms with van der Waals surface area (Å²) in [5.74, 6) is -0.691. The summed E-state index contributed by atoms with van der Waals surface area (Å²) in [6.07, 6.45) is 7.25. The molecule has 1 aromatic carbocycles. The lowest BCUT2D eigenvalue weighted by Gasteiger charge is -2.31. The maximum atomic E-state index is 12.7. The van der Waals surface area contributed by atoms with Crippen LogP contribution in [0.4, 0.5) is 5.69 Å². The van der Waals surface area contributed by atoms with Crippen molar-refractivity contribution in [3.05, 3.63) is 42.0 Å². The molecule has 1 saturated heterocycles. The molecule has 2 aliphatic heterocycles. The molecule has 1 N–H and O–H groups in total. The summed E-state index contributed by atoms with van der Waals surface area (Å²) in [4.78, 5) is 41.2. The van der Waals surface area contributed by atoms with E-state index < -0.39 is 0 Å². The second-order valence-corrected chi connectivity index (χ2v) is 8.33. The first-order valence-corrected chi connectivity index (χ1v) is 10.3. The van der Waals surface area contributed by atoms with Gasteiger partial charge in [-0.05, 0) is 42.7 Å². The van der Waals surface area contributed by atoms with Crippen LogP contribution in [0, 0.1) is 23.7 Å². The molecule has 1 saturated carbocycles. The Morgan fingerprint density at radius 2 is 1.79 bits per heavy atom. The van der Waals surface area contributed by atoms with Gasteiger partial charge in [0.15, 0.2) is 0 Å². The van der Waals surface area contributed by atoms with Gasteiger partial charge in [-0.2, -0.15) is 0 Å². The first kappa shape index (κ1) is 17.5. The predicted molar refractivity (Wildman–Crippen MR) is 104 cm³/mol. The molecule has 6 heteroatoms. The van der Waals surface area contributed by atoms with Crippen molar-refractivity contribution in [2.24, 2.45) is 23.7 Å². The summed E-state index contributed by atoms with van der Waals surface area (Å²) in [6.45, 7) is 2.06. The van der Waals surface area contributed by atoms with Gasteiger partial charge >= 0.3 is 0 Å². The number of hydrogen-bond donors (Lipinski definition) is 1. The summed E-state index contributed by atoms with van der Waals surface area (Å²) in [6, 6.07) is 8.38. The highest BCUT2D eigenvalue weighted by Crippen LogP contribution is 2.52. The number of fused-ring (bicyclic) bond motifs is 6. The molecular weight excluding hydrogens is 354 g/mol. The number of rotatable bonds is 5. The Hall–Kier alpha value is -2.63. The number of imide groups is 1. The van der Waals surface area contributed by atoms with E-state index in [2.05, 4.69) is 40.6 Å². The van der Waals surface area contributed by atoms with Crippen molar-refractivity contribution < 1.29 is 14.4 Å². The van der Waals surface area contributed by atoms with Crippen LogP contribution in [0.5, 0.6) is 0 Å². The lowest BCUT2D eigenvalue weighted by Crippen LogP contribution is -2.44. The van der Waals surface area contributed by atoms with Crippen molar-refractivity contribution in [1.82, 2.24) is 10.2 Å². The van der Waals surface area contributed by atoms with E-state index in [1.807, 2.05) is 6.07 Å². The number of allylic oxidation sites excluding steroid dienone is 2. The number of likely N-dealkylation sites (tertiary alicyclic amines) is 1. The molecule has 146 valence electrons. The topological polar surface area (TPSA) is 69.7 Å². The molecule has 5 rings (SSSR count). The number of para-hydroxylation sites is 1. The maximum absolute atomic E-state index is 12.7. The molecular formula is C22H25N3O3. The number of carbonyl (C=O) groups excluding carboxylic acids is 3. The molecule has 1 aromatic rings. The first-order chi connectivity index (χ1) is 13.6. The van der Waals surface area contributed by atoms with Crippen molar-refractivity contribution in [2.75, 3.05) is 31.1 Å². The third-order valence-electron chi connectivity index (χ3n) is 6.77. The Kier molecular flexibility index (Phi) is 4.22. The lowest BCUT2D eigenvalue weighted by molar-refractivity contribution is -0.144. The lowest BCUT2D eigenvalue weighted by atomic mass is 9.85. The van der Waals surface area contributed by atoms with Crippen molar-refractivity contribution in [2.45, 2.75) is 19.3 Å². The molecule has 2 bridgehead atoms. The summed E-state index contributed by atoms with van der Waals surface area (Å²) >= 11 is 0. The third kappa shape index (κ3) is 2.74. The minimum atomic E-state index is -0.257. The highest BCUT2D eigenvalue weighted by molar-refractivity contribution is 6.08. The molecule has 0 spiro atoms. The maximum Gasteiger partial charge on any atom is 0.240 e. The zero-order valence-corrected chi connectivity index (χ0v) is 15.8. The minimum absolute atomic E-state index is 0.152. The molecule has 0 unspecified atom stereocenters. The van der Waals surface area contributed by atoms with Crippen LogP contribution in [0.15, 0.2) is 36.4 Å². The van der Waals surface area contributed by atoms with Crippen LogP contribution in [0.25, 0.3) is 0 Å². The monoisotopic (exact) mass is 379 g/mol. The summed E-state index contributed by atoms with van der Waals surface area (Å²) in [5, 5.41) is 2.89. The predicted octanol–water partition coefficient (Wildman–Crippen LogP) is 1.36. The van der Waals surface area contributed by atoms with Crippen LogP contribution in [-0.4, -0.2) is 48.8 Å². The van der Waals surface area contributed by atoms with Crippen LogP contribution in [-0.2, 0) is 20.8 Å². The molecule has 0 aromatic heterocycles. The average molecular weight is 379 g/mol. The minimum Gasteiger partial charge on any atom is -0.370 e. The first-order valence-electron chi connectivity index (χ1n) is 10.3. The summed E-state index contributed by atoms with van der Waals surface area (Å²) in [7, 11) is 0. The van der Waals surface area contributed by atoms with E-state index in [1.54, 1.807) is 0 Å². The molecule has 28 heavy (non-hydrogen) atoms. The van der Waals surface area contributed by atoms with Crippen molar-refractivity contribution >= 4 is 23.4 Å². The average Bonchev–Trinajstić information content (AvgIpc) is 3.38. The highest BCUT2D eigenvalue weighted by atomic mass is 16.2. The third-order valence-corrected chi connectivity index (χ3v) is 6.77. The van der Waals surface area contributed by atoms with E-state index in [-0.39, 0.29) is 47.9 Å². The van der Waals surface area contributed by atoms with Crippen molar-refractivity contribution in [3.63, 3.8) is 0 Å². The van der Waals surface area contributed by atoms with E-state index in [1.165, 1.54) is 16.2 Å². The number of nitrogens with one attached hydrogen (secondary N) is 1. The zero-order valence-electron chi connectivity index (χ0n) is 15.8. The number of hydrogen-bond acceptors (Lipinski definition) is 4. The van der Waals surface area contributed by atoms with E-state index in [0.717, 1.165) is 32.4 Å². The van der Waals surface area contributed by atoms with E-state index in [0.29, 0.717) is 6.54 Å². The van der Waals surface area contributed by atoms with Gasteiger partial charge in [-0.3, -0.25) is 19.3 Å². The second-order valence-electron chi connectivity index (χ2n) is 8.33. The molecule has 2 fully saturated rings. The quantitative estimate of drug-likeness (QED) is 0.620. The van der Waals surface area contributed by atoms with Gasteiger partial charge in [0.05, 0.1) is 11.8 Å². The Morgan fingerprint density at radius 3 is 2.54 bits per heavy atom. The number of amides is 3. The van der Waals surface area contributed by atoms with Crippen LogP contribution >= 0.6 is 0 Å². The highest BCUT2D eigenvalue weighted by Gasteiger charge is 2.59. The van der Waals surface area contributed by atoms with Crippen LogP contribution in [0.1, 0.15) is 18.4 Å². The number of nitrogens with zero attached hydrogens (tertiary/aromatic N) is 2. The van der Waals surface area contributed by atoms with E-state index >= 15 is 0 Å². The Bertz CT molecular complexity index is 834. The Morgan fingerprint density at radius 1 is 1.07 bits per heavy atom. The van der Waals surface area contributed by atoms with E-state index in [4.69, 9.17) is 0 Å². The van der Waals surface area contributed by atoms with Gasteiger partial charge in [0.1, 0.15) is 6.54 Å². The molecule has 0 radical (unpaired) electrons. The smallest absolute Gasteiger partial charge is 0.240 e. The zero-order chi connectivity index (χ0) is 19.3. The second kappa shape index (κ2) is 6.76. The summed E-state index contributed by atoms with van der Waals surface area (Å²) < 4.78 is 0. The molecule has 4 atom stereocenters. The fourth-order valence-corrected chi connectivity index (χ4v) is 5.49.